The number of aromatic nitrogens is 1. The molecular formula is C14H23N3. The van der Waals surface area contributed by atoms with Gasteiger partial charge in [0.2, 0.25) is 0 Å². The average Bonchev–Trinajstić information content (AvgIpc) is 2.67. The van der Waals surface area contributed by atoms with Crippen LogP contribution < -0.4 is 11.3 Å². The van der Waals surface area contributed by atoms with Gasteiger partial charge >= 0.3 is 0 Å². The molecule has 1 heterocycles. The zero-order valence-electron chi connectivity index (χ0n) is 10.8. The Morgan fingerprint density at radius 2 is 2.35 bits per heavy atom. The lowest BCUT2D eigenvalue weighted by Gasteiger charge is -2.33. The number of rotatable bonds is 4. The molecule has 3 N–H and O–H groups in total. The molecule has 1 aliphatic rings. The van der Waals surface area contributed by atoms with Crippen LogP contribution in [0, 0.1) is 11.3 Å². The minimum absolute atomic E-state index is 0.336. The van der Waals surface area contributed by atoms with E-state index >= 15 is 0 Å². The average molecular weight is 233 g/mol. The summed E-state index contributed by atoms with van der Waals surface area (Å²) in [5, 5.41) is 0. The number of hydrogen-bond donors (Lipinski definition) is 2. The fourth-order valence-corrected chi connectivity index (χ4v) is 3.16. The van der Waals surface area contributed by atoms with Gasteiger partial charge in [-0.3, -0.25) is 16.3 Å². The van der Waals surface area contributed by atoms with Crippen molar-refractivity contribution in [1.29, 1.82) is 0 Å². The zero-order chi connectivity index (χ0) is 12.3. The summed E-state index contributed by atoms with van der Waals surface area (Å²) in [6, 6.07) is 6.40. The molecule has 0 radical (unpaired) electrons. The molecule has 1 fully saturated rings. The Kier molecular flexibility index (Phi) is 3.79. The van der Waals surface area contributed by atoms with Crippen molar-refractivity contribution in [2.75, 3.05) is 0 Å². The summed E-state index contributed by atoms with van der Waals surface area (Å²) in [5.74, 6) is 6.39. The van der Waals surface area contributed by atoms with E-state index in [-0.39, 0.29) is 0 Å². The van der Waals surface area contributed by atoms with Crippen molar-refractivity contribution in [3.63, 3.8) is 0 Å². The fourth-order valence-electron chi connectivity index (χ4n) is 3.16. The summed E-state index contributed by atoms with van der Waals surface area (Å²) in [7, 11) is 0. The van der Waals surface area contributed by atoms with Crippen LogP contribution in [0.4, 0.5) is 0 Å². The van der Waals surface area contributed by atoms with Gasteiger partial charge in [-0.1, -0.05) is 26.3 Å². The van der Waals surface area contributed by atoms with Crippen molar-refractivity contribution in [1.82, 2.24) is 10.4 Å². The van der Waals surface area contributed by atoms with Crippen molar-refractivity contribution >= 4 is 0 Å². The predicted octanol–water partition coefficient (Wildman–Crippen LogP) is 2.28. The number of pyridine rings is 1. The van der Waals surface area contributed by atoms with Gasteiger partial charge in [0.05, 0.1) is 0 Å². The Bertz CT molecular complexity index is 348. The molecule has 17 heavy (non-hydrogen) atoms. The summed E-state index contributed by atoms with van der Waals surface area (Å²) >= 11 is 0. The first kappa shape index (κ1) is 12.5. The first-order valence-corrected chi connectivity index (χ1v) is 6.49. The quantitative estimate of drug-likeness (QED) is 0.619. The molecule has 0 aromatic carbocycles. The minimum Gasteiger partial charge on any atom is -0.271 e. The maximum Gasteiger partial charge on any atom is 0.0419 e. The number of hydrogen-bond acceptors (Lipinski definition) is 3. The van der Waals surface area contributed by atoms with E-state index in [1.165, 1.54) is 19.3 Å². The highest BCUT2D eigenvalue weighted by molar-refractivity contribution is 5.07. The van der Waals surface area contributed by atoms with Gasteiger partial charge in [0.1, 0.15) is 0 Å². The molecule has 0 spiro atoms. The smallest absolute Gasteiger partial charge is 0.0419 e. The number of nitrogens with one attached hydrogen (secondary N) is 1. The number of hydrazine groups is 1. The third-order valence-corrected chi connectivity index (χ3v) is 4.19. The Morgan fingerprint density at radius 3 is 2.88 bits per heavy atom. The van der Waals surface area contributed by atoms with Gasteiger partial charge in [-0.15, -0.1) is 0 Å². The molecule has 3 nitrogen and oxygen atoms in total. The maximum absolute atomic E-state index is 5.74. The molecule has 94 valence electrons. The van der Waals surface area contributed by atoms with Gasteiger partial charge in [0, 0.05) is 24.4 Å². The summed E-state index contributed by atoms with van der Waals surface area (Å²) in [6.45, 7) is 4.71. The van der Waals surface area contributed by atoms with Gasteiger partial charge in [-0.2, -0.15) is 0 Å². The van der Waals surface area contributed by atoms with E-state index in [0.29, 0.717) is 17.4 Å². The molecule has 2 unspecified atom stereocenters. The van der Waals surface area contributed by atoms with E-state index in [1.807, 2.05) is 18.3 Å². The summed E-state index contributed by atoms with van der Waals surface area (Å²) in [4.78, 5) is 4.39. The molecule has 0 saturated heterocycles. The molecule has 1 aromatic heterocycles. The van der Waals surface area contributed by atoms with Crippen molar-refractivity contribution in [2.24, 2.45) is 17.2 Å². The second-order valence-corrected chi connectivity index (χ2v) is 5.79. The van der Waals surface area contributed by atoms with Gasteiger partial charge in [0.15, 0.2) is 0 Å². The molecule has 0 amide bonds. The summed E-state index contributed by atoms with van der Waals surface area (Å²) in [6.07, 6.45) is 6.67. The van der Waals surface area contributed by atoms with Crippen LogP contribution >= 0.6 is 0 Å². The van der Waals surface area contributed by atoms with Crippen LogP contribution in [0.15, 0.2) is 24.4 Å². The van der Waals surface area contributed by atoms with Gasteiger partial charge in [0.25, 0.3) is 0 Å². The van der Waals surface area contributed by atoms with E-state index in [4.69, 9.17) is 5.84 Å². The van der Waals surface area contributed by atoms with Crippen LogP contribution in [-0.4, -0.2) is 11.0 Å². The van der Waals surface area contributed by atoms with Crippen LogP contribution in [-0.2, 0) is 6.42 Å². The minimum atomic E-state index is 0.336. The van der Waals surface area contributed by atoms with E-state index in [1.54, 1.807) is 0 Å². The first-order valence-electron chi connectivity index (χ1n) is 6.49. The highest BCUT2D eigenvalue weighted by Crippen LogP contribution is 2.44. The van der Waals surface area contributed by atoms with E-state index in [9.17, 15) is 0 Å². The topological polar surface area (TPSA) is 50.9 Å². The van der Waals surface area contributed by atoms with Crippen LogP contribution in [0.2, 0.25) is 0 Å². The largest absolute Gasteiger partial charge is 0.271 e. The highest BCUT2D eigenvalue weighted by atomic mass is 15.2. The van der Waals surface area contributed by atoms with E-state index in [2.05, 4.69) is 30.3 Å². The summed E-state index contributed by atoms with van der Waals surface area (Å²) < 4.78 is 0. The lowest BCUT2D eigenvalue weighted by atomic mass is 9.76. The third kappa shape index (κ3) is 2.85. The molecule has 1 aromatic rings. The van der Waals surface area contributed by atoms with Crippen LogP contribution in [0.3, 0.4) is 0 Å². The Morgan fingerprint density at radius 1 is 1.53 bits per heavy atom. The Balaban J connectivity index is 2.07. The molecule has 2 atom stereocenters. The molecule has 0 aliphatic heterocycles. The molecule has 1 saturated carbocycles. The second-order valence-electron chi connectivity index (χ2n) is 5.79. The Labute approximate surface area is 104 Å². The SMILES string of the molecule is CC1(C)CCCC1C(Cc1ccccn1)NN. The lowest BCUT2D eigenvalue weighted by molar-refractivity contribution is 0.195. The fraction of sp³-hybridized carbons (Fsp3) is 0.643. The predicted molar refractivity (Wildman–Crippen MR) is 70.2 cm³/mol. The molecule has 1 aliphatic carbocycles. The van der Waals surface area contributed by atoms with Crippen LogP contribution in [0.5, 0.6) is 0 Å². The first-order chi connectivity index (χ1) is 8.13. The third-order valence-electron chi connectivity index (χ3n) is 4.19. The monoisotopic (exact) mass is 233 g/mol. The van der Waals surface area contributed by atoms with Crippen molar-refractivity contribution < 1.29 is 0 Å². The number of nitrogens with two attached hydrogens (primary N) is 1. The molecular weight excluding hydrogens is 210 g/mol. The molecule has 3 heteroatoms. The lowest BCUT2D eigenvalue weighted by Crippen LogP contribution is -2.46. The second kappa shape index (κ2) is 5.15. The van der Waals surface area contributed by atoms with E-state index < -0.39 is 0 Å². The maximum atomic E-state index is 5.74. The van der Waals surface area contributed by atoms with Crippen molar-refractivity contribution in [3.8, 4) is 0 Å². The van der Waals surface area contributed by atoms with Crippen molar-refractivity contribution in [2.45, 2.75) is 45.6 Å². The Hall–Kier alpha value is -0.930. The highest BCUT2D eigenvalue weighted by Gasteiger charge is 2.39. The summed E-state index contributed by atoms with van der Waals surface area (Å²) in [5.41, 5.74) is 4.53. The zero-order valence-corrected chi connectivity index (χ0v) is 10.8. The van der Waals surface area contributed by atoms with E-state index in [0.717, 1.165) is 12.1 Å². The van der Waals surface area contributed by atoms with Crippen LogP contribution in [0.1, 0.15) is 38.8 Å². The van der Waals surface area contributed by atoms with Gasteiger partial charge < -0.3 is 0 Å². The van der Waals surface area contributed by atoms with Gasteiger partial charge in [-0.25, -0.2) is 0 Å². The molecule has 2 rings (SSSR count). The van der Waals surface area contributed by atoms with Crippen molar-refractivity contribution in [3.05, 3.63) is 30.1 Å². The number of nitrogens with zero attached hydrogens (tertiary/aromatic N) is 1. The molecule has 0 bridgehead atoms. The van der Waals surface area contributed by atoms with Gasteiger partial charge in [-0.05, 0) is 36.3 Å². The standard InChI is InChI=1S/C14H23N3/c1-14(2)8-5-7-12(14)13(17-15)10-11-6-3-4-9-16-11/h3-4,6,9,12-13,17H,5,7-8,10,15H2,1-2H3. The normalized spacial score (nSPS) is 24.8. The van der Waals surface area contributed by atoms with Crippen LogP contribution in [0.25, 0.3) is 0 Å².